The highest BCUT2D eigenvalue weighted by molar-refractivity contribution is 6.03. The number of carbonyl (C=O) groups is 2. The van der Waals surface area contributed by atoms with Crippen molar-refractivity contribution >= 4 is 23.2 Å². The minimum Gasteiger partial charge on any atom is -0.324 e. The van der Waals surface area contributed by atoms with Crippen molar-refractivity contribution in [2.75, 3.05) is 23.7 Å². The molecule has 1 aromatic carbocycles. The lowest BCUT2D eigenvalue weighted by atomic mass is 10.1. The molecular formula is C17H20FN5O2. The van der Waals surface area contributed by atoms with E-state index in [1.807, 2.05) is 0 Å². The van der Waals surface area contributed by atoms with E-state index in [-0.39, 0.29) is 29.2 Å². The van der Waals surface area contributed by atoms with Gasteiger partial charge in [0.25, 0.3) is 5.91 Å². The number of amides is 2. The smallest absolute Gasteiger partial charge is 0.276 e. The van der Waals surface area contributed by atoms with Gasteiger partial charge in [0.05, 0.1) is 11.7 Å². The van der Waals surface area contributed by atoms with Gasteiger partial charge in [-0.1, -0.05) is 0 Å². The summed E-state index contributed by atoms with van der Waals surface area (Å²) >= 11 is 0. The number of rotatable bonds is 4. The second-order valence-electron chi connectivity index (χ2n) is 6.01. The Morgan fingerprint density at radius 2 is 2.16 bits per heavy atom. The topological polar surface area (TPSA) is 88.0 Å². The Bertz CT molecular complexity index is 783. The Labute approximate surface area is 144 Å². The van der Waals surface area contributed by atoms with E-state index >= 15 is 0 Å². The molecule has 1 aliphatic heterocycles. The van der Waals surface area contributed by atoms with Crippen molar-refractivity contribution in [3.8, 4) is 0 Å². The number of nitrogens with zero attached hydrogens (tertiary/aromatic N) is 2. The normalized spacial score (nSPS) is 17.1. The molecule has 0 aliphatic carbocycles. The van der Waals surface area contributed by atoms with Gasteiger partial charge in [0.1, 0.15) is 5.82 Å². The van der Waals surface area contributed by atoms with Crippen molar-refractivity contribution in [3.05, 3.63) is 42.0 Å². The van der Waals surface area contributed by atoms with Crippen LogP contribution in [0.25, 0.3) is 0 Å². The zero-order chi connectivity index (χ0) is 17.8. The van der Waals surface area contributed by atoms with Crippen molar-refractivity contribution in [3.63, 3.8) is 0 Å². The fourth-order valence-electron chi connectivity index (χ4n) is 2.81. The van der Waals surface area contributed by atoms with E-state index < -0.39 is 5.82 Å². The van der Waals surface area contributed by atoms with Crippen molar-refractivity contribution in [2.45, 2.75) is 25.8 Å². The molecule has 8 heteroatoms. The summed E-state index contributed by atoms with van der Waals surface area (Å²) in [6.07, 6.45) is 3.89. The third-order valence-corrected chi connectivity index (χ3v) is 4.02. The Balaban J connectivity index is 1.70. The Hall–Kier alpha value is -2.74. The van der Waals surface area contributed by atoms with Gasteiger partial charge in [-0.2, -0.15) is 5.10 Å². The van der Waals surface area contributed by atoms with Crippen LogP contribution in [0.2, 0.25) is 0 Å². The van der Waals surface area contributed by atoms with Gasteiger partial charge in [0.2, 0.25) is 5.91 Å². The van der Waals surface area contributed by atoms with Gasteiger partial charge in [-0.15, -0.1) is 0 Å². The van der Waals surface area contributed by atoms with E-state index in [0.717, 1.165) is 25.9 Å². The summed E-state index contributed by atoms with van der Waals surface area (Å²) in [7, 11) is 0. The number of halogens is 1. The van der Waals surface area contributed by atoms with E-state index in [1.165, 1.54) is 25.1 Å². The number of hydrogen-bond donors (Lipinski definition) is 3. The minimum atomic E-state index is -0.567. The molecule has 25 heavy (non-hydrogen) atoms. The van der Waals surface area contributed by atoms with Crippen LogP contribution < -0.4 is 16.0 Å². The number of piperidine rings is 1. The van der Waals surface area contributed by atoms with Gasteiger partial charge < -0.3 is 16.0 Å². The highest BCUT2D eigenvalue weighted by atomic mass is 19.1. The summed E-state index contributed by atoms with van der Waals surface area (Å²) in [5.41, 5.74) is 0.684. The van der Waals surface area contributed by atoms with E-state index in [0.29, 0.717) is 5.69 Å². The highest BCUT2D eigenvalue weighted by Gasteiger charge is 2.18. The average Bonchev–Trinajstić information content (AvgIpc) is 3.08. The van der Waals surface area contributed by atoms with Crippen LogP contribution in [0.3, 0.4) is 0 Å². The molecule has 2 amide bonds. The molecule has 2 aromatic rings. The van der Waals surface area contributed by atoms with E-state index in [4.69, 9.17) is 0 Å². The highest BCUT2D eigenvalue weighted by Crippen LogP contribution is 2.20. The molecule has 0 bridgehead atoms. The van der Waals surface area contributed by atoms with Crippen molar-refractivity contribution in [2.24, 2.45) is 0 Å². The summed E-state index contributed by atoms with van der Waals surface area (Å²) in [5.74, 6) is -1.34. The molecule has 0 radical (unpaired) electrons. The molecule has 0 saturated carbocycles. The Morgan fingerprint density at radius 3 is 2.88 bits per heavy atom. The SMILES string of the molecule is CC(=O)Nc1cc(NC(=O)c2ccn(C3CCCNC3)n2)ccc1F. The molecule has 132 valence electrons. The lowest BCUT2D eigenvalue weighted by Crippen LogP contribution is -2.32. The first-order chi connectivity index (χ1) is 12.0. The molecule has 2 heterocycles. The second kappa shape index (κ2) is 7.43. The van der Waals surface area contributed by atoms with E-state index in [1.54, 1.807) is 16.9 Å². The third kappa shape index (κ3) is 4.21. The van der Waals surface area contributed by atoms with Gasteiger partial charge in [-0.3, -0.25) is 14.3 Å². The van der Waals surface area contributed by atoms with Gasteiger partial charge in [0.15, 0.2) is 5.69 Å². The summed E-state index contributed by atoms with van der Waals surface area (Å²) < 4.78 is 15.5. The lowest BCUT2D eigenvalue weighted by Gasteiger charge is -2.22. The molecule has 3 rings (SSSR count). The molecule has 1 fully saturated rings. The molecule has 1 unspecified atom stereocenters. The molecule has 1 saturated heterocycles. The van der Waals surface area contributed by atoms with Crippen molar-refractivity contribution in [1.29, 1.82) is 0 Å². The van der Waals surface area contributed by atoms with E-state index in [9.17, 15) is 14.0 Å². The van der Waals surface area contributed by atoms with Crippen LogP contribution in [0, 0.1) is 5.82 Å². The zero-order valence-corrected chi connectivity index (χ0v) is 13.9. The third-order valence-electron chi connectivity index (χ3n) is 4.02. The van der Waals surface area contributed by atoms with Gasteiger partial charge >= 0.3 is 0 Å². The average molecular weight is 345 g/mol. The van der Waals surface area contributed by atoms with Crippen LogP contribution >= 0.6 is 0 Å². The molecular weight excluding hydrogens is 325 g/mol. The largest absolute Gasteiger partial charge is 0.324 e. The van der Waals surface area contributed by atoms with E-state index in [2.05, 4.69) is 21.0 Å². The summed E-state index contributed by atoms with van der Waals surface area (Å²) in [6.45, 7) is 3.13. The first-order valence-electron chi connectivity index (χ1n) is 8.17. The fourth-order valence-corrected chi connectivity index (χ4v) is 2.81. The van der Waals surface area contributed by atoms with Crippen LogP contribution in [-0.4, -0.2) is 34.7 Å². The maximum Gasteiger partial charge on any atom is 0.276 e. The number of nitrogens with one attached hydrogen (secondary N) is 3. The Kier molecular flexibility index (Phi) is 5.08. The van der Waals surface area contributed by atoms with Gasteiger partial charge in [0, 0.05) is 25.4 Å². The predicted octanol–water partition coefficient (Wildman–Crippen LogP) is 2.16. The number of benzene rings is 1. The number of aromatic nitrogens is 2. The molecule has 0 spiro atoms. The predicted molar refractivity (Wildman–Crippen MR) is 92.0 cm³/mol. The van der Waals surface area contributed by atoms with Gasteiger partial charge in [-0.05, 0) is 43.7 Å². The molecule has 1 atom stereocenters. The molecule has 3 N–H and O–H groups in total. The fraction of sp³-hybridized carbons (Fsp3) is 0.353. The first kappa shape index (κ1) is 17.1. The molecule has 1 aliphatic rings. The van der Waals surface area contributed by atoms with Crippen molar-refractivity contribution < 1.29 is 14.0 Å². The van der Waals surface area contributed by atoms with Crippen LogP contribution in [0.1, 0.15) is 36.3 Å². The summed E-state index contributed by atoms with van der Waals surface area (Å²) in [5, 5.41) is 12.7. The summed E-state index contributed by atoms with van der Waals surface area (Å²) in [4.78, 5) is 23.4. The van der Waals surface area contributed by atoms with Crippen LogP contribution in [0.4, 0.5) is 15.8 Å². The maximum absolute atomic E-state index is 13.7. The monoisotopic (exact) mass is 345 g/mol. The van der Waals surface area contributed by atoms with Gasteiger partial charge in [-0.25, -0.2) is 4.39 Å². The number of hydrogen-bond acceptors (Lipinski definition) is 4. The van der Waals surface area contributed by atoms with Crippen LogP contribution in [-0.2, 0) is 4.79 Å². The Morgan fingerprint density at radius 1 is 1.32 bits per heavy atom. The quantitative estimate of drug-likeness (QED) is 0.792. The molecule has 1 aromatic heterocycles. The second-order valence-corrected chi connectivity index (χ2v) is 6.01. The zero-order valence-electron chi connectivity index (χ0n) is 13.9. The number of carbonyl (C=O) groups excluding carboxylic acids is 2. The van der Waals surface area contributed by atoms with Crippen LogP contribution in [0.15, 0.2) is 30.5 Å². The standard InChI is InChI=1S/C17H20FN5O2/c1-11(24)20-16-9-12(4-5-14(16)18)21-17(25)15-6-8-23(22-15)13-3-2-7-19-10-13/h4-6,8-9,13,19H,2-3,7,10H2,1H3,(H,20,24)(H,21,25). The maximum atomic E-state index is 13.7. The lowest BCUT2D eigenvalue weighted by molar-refractivity contribution is -0.114. The first-order valence-corrected chi connectivity index (χ1v) is 8.17. The summed E-state index contributed by atoms with van der Waals surface area (Å²) in [6, 6.07) is 5.89. The van der Waals surface area contributed by atoms with Crippen LogP contribution in [0.5, 0.6) is 0 Å². The minimum absolute atomic E-state index is 0.0177. The number of anilines is 2. The molecule has 7 nitrogen and oxygen atoms in total. The van der Waals surface area contributed by atoms with Crippen molar-refractivity contribution in [1.82, 2.24) is 15.1 Å².